The number of ether oxygens (including phenoxy) is 2. The number of amides is 1. The highest BCUT2D eigenvalue weighted by Gasteiger charge is 2.15. The molecule has 0 saturated carbocycles. The average Bonchev–Trinajstić information content (AvgIpc) is 2.62. The number of carbonyl (C=O) groups is 2. The van der Waals surface area contributed by atoms with Crippen LogP contribution in [0.25, 0.3) is 0 Å². The van der Waals surface area contributed by atoms with E-state index in [1.165, 1.54) is 17.0 Å². The van der Waals surface area contributed by atoms with E-state index in [0.717, 1.165) is 5.56 Å². The van der Waals surface area contributed by atoms with Crippen molar-refractivity contribution in [2.45, 2.75) is 20.4 Å². The Morgan fingerprint density at radius 3 is 2.54 bits per heavy atom. The molecule has 0 aliphatic heterocycles. The van der Waals surface area contributed by atoms with Crippen molar-refractivity contribution in [2.24, 2.45) is 0 Å². The molecule has 0 aliphatic rings. The minimum absolute atomic E-state index is 0.254. The first-order chi connectivity index (χ1) is 12.5. The molecule has 0 atom stereocenters. The van der Waals surface area contributed by atoms with Gasteiger partial charge in [-0.2, -0.15) is 0 Å². The standard InChI is InChI=1S/C20H22FNO4/c1-3-22(12-16-7-5-8-17(21)11-16)19(23)13-26-20(24)14-25-18-9-4-6-15(2)10-18/h4-11H,3,12-14H2,1-2H3. The fraction of sp³-hybridized carbons (Fsp3) is 0.300. The van der Waals surface area contributed by atoms with E-state index in [4.69, 9.17) is 9.47 Å². The SMILES string of the molecule is CCN(Cc1cccc(F)c1)C(=O)COC(=O)COc1cccc(C)c1. The molecule has 0 aliphatic carbocycles. The maximum Gasteiger partial charge on any atom is 0.344 e. The van der Waals surface area contributed by atoms with Gasteiger partial charge in [-0.3, -0.25) is 4.79 Å². The fourth-order valence-electron chi connectivity index (χ4n) is 2.35. The summed E-state index contributed by atoms with van der Waals surface area (Å²) in [4.78, 5) is 25.4. The Kier molecular flexibility index (Phi) is 7.14. The molecule has 0 N–H and O–H groups in total. The zero-order valence-electron chi connectivity index (χ0n) is 14.9. The molecule has 0 radical (unpaired) electrons. The Balaban J connectivity index is 1.79. The van der Waals surface area contributed by atoms with Crippen molar-refractivity contribution in [3.8, 4) is 5.75 Å². The van der Waals surface area contributed by atoms with Gasteiger partial charge in [-0.05, 0) is 49.2 Å². The first-order valence-electron chi connectivity index (χ1n) is 8.35. The van der Waals surface area contributed by atoms with Crippen molar-refractivity contribution in [3.63, 3.8) is 0 Å². The van der Waals surface area contributed by atoms with Crippen molar-refractivity contribution < 1.29 is 23.5 Å². The van der Waals surface area contributed by atoms with E-state index in [1.807, 2.05) is 19.1 Å². The van der Waals surface area contributed by atoms with E-state index in [9.17, 15) is 14.0 Å². The molecule has 5 nitrogen and oxygen atoms in total. The number of halogens is 1. The van der Waals surface area contributed by atoms with Gasteiger partial charge in [0.05, 0.1) is 0 Å². The zero-order valence-corrected chi connectivity index (χ0v) is 14.9. The molecule has 138 valence electrons. The normalized spacial score (nSPS) is 10.3. The van der Waals surface area contributed by atoms with Crippen molar-refractivity contribution in [3.05, 3.63) is 65.5 Å². The Morgan fingerprint density at radius 1 is 1.08 bits per heavy atom. The fourth-order valence-corrected chi connectivity index (χ4v) is 2.35. The number of nitrogens with zero attached hydrogens (tertiary/aromatic N) is 1. The third-order valence-corrected chi connectivity index (χ3v) is 3.70. The van der Waals surface area contributed by atoms with Crippen LogP contribution in [-0.4, -0.2) is 36.5 Å². The molecule has 0 heterocycles. The number of carbonyl (C=O) groups excluding carboxylic acids is 2. The largest absolute Gasteiger partial charge is 0.482 e. The Bertz CT molecular complexity index is 763. The van der Waals surface area contributed by atoms with Crippen LogP contribution in [0.15, 0.2) is 48.5 Å². The van der Waals surface area contributed by atoms with Gasteiger partial charge in [-0.1, -0.05) is 24.3 Å². The van der Waals surface area contributed by atoms with Crippen LogP contribution in [0.2, 0.25) is 0 Å². The van der Waals surface area contributed by atoms with E-state index in [-0.39, 0.29) is 31.5 Å². The molecule has 0 saturated heterocycles. The van der Waals surface area contributed by atoms with Gasteiger partial charge in [0.2, 0.25) is 0 Å². The number of aryl methyl sites for hydroxylation is 1. The monoisotopic (exact) mass is 359 g/mol. The summed E-state index contributed by atoms with van der Waals surface area (Å²) in [7, 11) is 0. The molecule has 0 bridgehead atoms. The van der Waals surface area contributed by atoms with E-state index < -0.39 is 5.97 Å². The van der Waals surface area contributed by atoms with Crippen molar-refractivity contribution in [1.29, 1.82) is 0 Å². The lowest BCUT2D eigenvalue weighted by atomic mass is 10.2. The number of benzene rings is 2. The molecule has 2 aromatic rings. The summed E-state index contributed by atoms with van der Waals surface area (Å²) in [5.41, 5.74) is 1.69. The number of likely N-dealkylation sites (N-methyl/N-ethyl adjacent to an activating group) is 1. The van der Waals surface area contributed by atoms with Gasteiger partial charge in [0, 0.05) is 13.1 Å². The molecule has 6 heteroatoms. The minimum atomic E-state index is -0.623. The van der Waals surface area contributed by atoms with Gasteiger partial charge >= 0.3 is 5.97 Å². The van der Waals surface area contributed by atoms with Gasteiger partial charge in [-0.15, -0.1) is 0 Å². The molecule has 2 aromatic carbocycles. The van der Waals surface area contributed by atoms with Gasteiger partial charge < -0.3 is 14.4 Å². The first-order valence-corrected chi connectivity index (χ1v) is 8.35. The van der Waals surface area contributed by atoms with E-state index >= 15 is 0 Å². The zero-order chi connectivity index (χ0) is 18.9. The smallest absolute Gasteiger partial charge is 0.344 e. The maximum absolute atomic E-state index is 13.2. The number of esters is 1. The summed E-state index contributed by atoms with van der Waals surface area (Å²) in [6.07, 6.45) is 0. The molecular weight excluding hydrogens is 337 g/mol. The molecule has 2 rings (SSSR count). The van der Waals surface area contributed by atoms with Crippen molar-refractivity contribution in [2.75, 3.05) is 19.8 Å². The first kappa shape index (κ1) is 19.4. The number of rotatable bonds is 8. The lowest BCUT2D eigenvalue weighted by Gasteiger charge is -2.21. The second-order valence-electron chi connectivity index (χ2n) is 5.80. The number of hydrogen-bond donors (Lipinski definition) is 0. The number of hydrogen-bond acceptors (Lipinski definition) is 4. The predicted octanol–water partition coefficient (Wildman–Crippen LogP) is 3.10. The molecule has 0 aromatic heterocycles. The van der Waals surface area contributed by atoms with Gasteiger partial charge in [0.15, 0.2) is 13.2 Å². The summed E-state index contributed by atoms with van der Waals surface area (Å²) >= 11 is 0. The molecule has 0 fully saturated rings. The highest BCUT2D eigenvalue weighted by molar-refractivity contribution is 5.81. The molecule has 0 spiro atoms. The Labute approximate surface area is 152 Å². The molecular formula is C20H22FNO4. The minimum Gasteiger partial charge on any atom is -0.482 e. The van der Waals surface area contributed by atoms with Gasteiger partial charge in [0.1, 0.15) is 11.6 Å². The van der Waals surface area contributed by atoms with Crippen LogP contribution in [0.5, 0.6) is 5.75 Å². The Morgan fingerprint density at radius 2 is 1.85 bits per heavy atom. The molecule has 0 unspecified atom stereocenters. The summed E-state index contributed by atoms with van der Waals surface area (Å²) in [5.74, 6) is -0.761. The second-order valence-corrected chi connectivity index (χ2v) is 5.80. The molecule has 1 amide bonds. The third-order valence-electron chi connectivity index (χ3n) is 3.70. The second kappa shape index (κ2) is 9.56. The summed E-state index contributed by atoms with van der Waals surface area (Å²) in [6.45, 7) is 3.75. The van der Waals surface area contributed by atoms with Crippen LogP contribution >= 0.6 is 0 Å². The lowest BCUT2D eigenvalue weighted by molar-refractivity contribution is -0.153. The maximum atomic E-state index is 13.2. The third kappa shape index (κ3) is 6.20. The van der Waals surface area contributed by atoms with Gasteiger partial charge in [-0.25, -0.2) is 9.18 Å². The highest BCUT2D eigenvalue weighted by Crippen LogP contribution is 2.12. The van der Waals surface area contributed by atoms with Crippen LogP contribution in [0.3, 0.4) is 0 Å². The van der Waals surface area contributed by atoms with Crippen LogP contribution < -0.4 is 4.74 Å². The van der Waals surface area contributed by atoms with Crippen molar-refractivity contribution in [1.82, 2.24) is 4.90 Å². The van der Waals surface area contributed by atoms with Crippen LogP contribution in [0, 0.1) is 12.7 Å². The van der Waals surface area contributed by atoms with E-state index in [2.05, 4.69) is 0 Å². The summed E-state index contributed by atoms with van der Waals surface area (Å²) < 4.78 is 23.5. The predicted molar refractivity (Wildman–Crippen MR) is 95.1 cm³/mol. The Hall–Kier alpha value is -2.89. The topological polar surface area (TPSA) is 55.8 Å². The van der Waals surface area contributed by atoms with Crippen LogP contribution in [0.1, 0.15) is 18.1 Å². The van der Waals surface area contributed by atoms with E-state index in [1.54, 1.807) is 31.2 Å². The van der Waals surface area contributed by atoms with Crippen LogP contribution in [-0.2, 0) is 20.9 Å². The summed E-state index contributed by atoms with van der Waals surface area (Å²) in [6, 6.07) is 13.3. The van der Waals surface area contributed by atoms with Crippen molar-refractivity contribution >= 4 is 11.9 Å². The van der Waals surface area contributed by atoms with E-state index in [0.29, 0.717) is 17.9 Å². The highest BCUT2D eigenvalue weighted by atomic mass is 19.1. The van der Waals surface area contributed by atoms with Crippen LogP contribution in [0.4, 0.5) is 4.39 Å². The van der Waals surface area contributed by atoms with Gasteiger partial charge in [0.25, 0.3) is 5.91 Å². The summed E-state index contributed by atoms with van der Waals surface area (Å²) in [5, 5.41) is 0. The quantitative estimate of drug-likeness (QED) is 0.680. The lowest BCUT2D eigenvalue weighted by Crippen LogP contribution is -2.34. The average molecular weight is 359 g/mol. The molecule has 26 heavy (non-hydrogen) atoms.